The third kappa shape index (κ3) is 4.15. The van der Waals surface area contributed by atoms with E-state index < -0.39 is 17.6 Å². The van der Waals surface area contributed by atoms with Crippen LogP contribution in [0.5, 0.6) is 0 Å². The molecule has 0 spiro atoms. The number of fused-ring (bicyclic) bond motifs is 1. The van der Waals surface area contributed by atoms with Crippen molar-refractivity contribution in [3.05, 3.63) is 52.3 Å². The molecule has 11 heteroatoms. The molecule has 0 saturated carbocycles. The standard InChI is InChI=1S/C19H19ClF3N5O2/c20-15-4-11(3-14(5-15)19(21,22)23)6-26-7-12-9-27(10-13(12)8-26)18(30)28-2-1-16(25-28)17(24)29/h1-5,12-13H,6-10H2,(H2,24,29). The van der Waals surface area contributed by atoms with E-state index in [1.807, 2.05) is 0 Å². The van der Waals surface area contributed by atoms with Crippen LogP contribution in [0.2, 0.25) is 5.02 Å². The first-order chi connectivity index (χ1) is 14.1. The van der Waals surface area contributed by atoms with Gasteiger partial charge in [0.25, 0.3) is 5.91 Å². The van der Waals surface area contributed by atoms with Crippen LogP contribution in [-0.2, 0) is 12.7 Å². The highest BCUT2D eigenvalue weighted by Gasteiger charge is 2.42. The minimum atomic E-state index is -4.44. The van der Waals surface area contributed by atoms with Gasteiger partial charge in [-0.1, -0.05) is 11.6 Å². The second kappa shape index (κ2) is 7.59. The van der Waals surface area contributed by atoms with Crippen LogP contribution >= 0.6 is 11.6 Å². The number of nitrogens with zero attached hydrogens (tertiary/aromatic N) is 4. The van der Waals surface area contributed by atoms with Crippen LogP contribution in [0.15, 0.2) is 30.5 Å². The first-order valence-electron chi connectivity index (χ1n) is 9.34. The van der Waals surface area contributed by atoms with Gasteiger partial charge in [-0.25, -0.2) is 4.79 Å². The predicted octanol–water partition coefficient (Wildman–Crippen LogP) is 2.69. The average molecular weight is 442 g/mol. The summed E-state index contributed by atoms with van der Waals surface area (Å²) in [4.78, 5) is 27.5. The third-order valence-corrected chi connectivity index (χ3v) is 5.78. The Bertz CT molecular complexity index is 979. The molecular weight excluding hydrogens is 423 g/mol. The summed E-state index contributed by atoms with van der Waals surface area (Å²) in [6, 6.07) is 4.66. The maximum atomic E-state index is 13.0. The summed E-state index contributed by atoms with van der Waals surface area (Å²) in [7, 11) is 0. The molecule has 2 fully saturated rings. The lowest BCUT2D eigenvalue weighted by Crippen LogP contribution is -2.36. The second-order valence-corrected chi connectivity index (χ2v) is 8.19. The molecule has 7 nitrogen and oxygen atoms in total. The monoisotopic (exact) mass is 441 g/mol. The molecule has 30 heavy (non-hydrogen) atoms. The Morgan fingerprint density at radius 2 is 1.80 bits per heavy atom. The van der Waals surface area contributed by atoms with E-state index in [9.17, 15) is 22.8 Å². The third-order valence-electron chi connectivity index (χ3n) is 5.56. The van der Waals surface area contributed by atoms with Gasteiger partial charge in [0.15, 0.2) is 5.69 Å². The lowest BCUT2D eigenvalue weighted by Gasteiger charge is -2.22. The highest BCUT2D eigenvalue weighted by Crippen LogP contribution is 2.35. The predicted molar refractivity (Wildman–Crippen MR) is 102 cm³/mol. The molecule has 2 atom stereocenters. The number of rotatable bonds is 3. The molecule has 160 valence electrons. The topological polar surface area (TPSA) is 84.5 Å². The molecule has 4 rings (SSSR count). The molecule has 2 aromatic rings. The summed E-state index contributed by atoms with van der Waals surface area (Å²) < 4.78 is 40.1. The van der Waals surface area contributed by atoms with Crippen LogP contribution in [0.3, 0.4) is 0 Å². The largest absolute Gasteiger partial charge is 0.416 e. The molecule has 2 unspecified atom stereocenters. The van der Waals surface area contributed by atoms with E-state index in [2.05, 4.69) is 10.00 Å². The Labute approximate surface area is 175 Å². The highest BCUT2D eigenvalue weighted by molar-refractivity contribution is 6.30. The molecule has 0 aliphatic carbocycles. The molecule has 2 saturated heterocycles. The number of carbonyl (C=O) groups is 2. The van der Waals surface area contributed by atoms with Gasteiger partial charge in [-0.2, -0.15) is 23.0 Å². The van der Waals surface area contributed by atoms with Crippen LogP contribution in [-0.4, -0.2) is 57.7 Å². The highest BCUT2D eigenvalue weighted by atomic mass is 35.5. The first kappa shape index (κ1) is 20.7. The number of benzene rings is 1. The first-order valence-corrected chi connectivity index (χ1v) is 9.71. The average Bonchev–Trinajstić information content (AvgIpc) is 3.34. The number of aromatic nitrogens is 2. The fraction of sp³-hybridized carbons (Fsp3) is 0.421. The van der Waals surface area contributed by atoms with E-state index >= 15 is 0 Å². The van der Waals surface area contributed by atoms with Gasteiger partial charge in [-0.05, 0) is 41.7 Å². The summed E-state index contributed by atoms with van der Waals surface area (Å²) in [5, 5.41) is 3.95. The molecule has 1 aromatic heterocycles. The maximum absolute atomic E-state index is 13.0. The SMILES string of the molecule is NC(=O)c1ccn(C(=O)N2CC3CN(Cc4cc(Cl)cc(C(F)(F)F)c4)CC3C2)n1. The molecule has 2 aliphatic heterocycles. The minimum Gasteiger partial charge on any atom is -0.364 e. The van der Waals surface area contributed by atoms with E-state index in [0.717, 1.165) is 16.8 Å². The Morgan fingerprint density at radius 3 is 2.37 bits per heavy atom. The van der Waals surface area contributed by atoms with Gasteiger partial charge in [0.2, 0.25) is 0 Å². The number of hydrogen-bond acceptors (Lipinski definition) is 4. The fourth-order valence-electron chi connectivity index (χ4n) is 4.25. The van der Waals surface area contributed by atoms with Crippen molar-refractivity contribution in [3.8, 4) is 0 Å². The Morgan fingerprint density at radius 1 is 1.13 bits per heavy atom. The van der Waals surface area contributed by atoms with E-state index in [1.54, 1.807) is 11.0 Å². The summed E-state index contributed by atoms with van der Waals surface area (Å²) in [6.45, 7) is 2.76. The number of nitrogens with two attached hydrogens (primary N) is 1. The number of likely N-dealkylation sites (tertiary alicyclic amines) is 2. The van der Waals surface area contributed by atoms with Crippen LogP contribution in [0.4, 0.5) is 18.0 Å². The van der Waals surface area contributed by atoms with E-state index in [0.29, 0.717) is 38.3 Å². The van der Waals surface area contributed by atoms with Crippen LogP contribution in [0.25, 0.3) is 0 Å². The summed E-state index contributed by atoms with van der Waals surface area (Å²) in [6.07, 6.45) is -3.04. The Balaban J connectivity index is 1.37. The van der Waals surface area contributed by atoms with E-state index in [1.165, 1.54) is 12.3 Å². The van der Waals surface area contributed by atoms with Crippen molar-refractivity contribution in [2.24, 2.45) is 17.6 Å². The second-order valence-electron chi connectivity index (χ2n) is 7.76. The van der Waals surface area contributed by atoms with Gasteiger partial charge in [0.05, 0.1) is 5.56 Å². The van der Waals surface area contributed by atoms with Crippen LogP contribution < -0.4 is 5.73 Å². The lowest BCUT2D eigenvalue weighted by atomic mass is 10.0. The normalized spacial score (nSPS) is 21.8. The van der Waals surface area contributed by atoms with Gasteiger partial charge < -0.3 is 10.6 Å². The van der Waals surface area contributed by atoms with Crippen LogP contribution in [0.1, 0.15) is 21.6 Å². The summed E-state index contributed by atoms with van der Waals surface area (Å²) in [5.74, 6) is -0.257. The molecule has 3 heterocycles. The molecule has 2 amide bonds. The van der Waals surface area contributed by atoms with Crippen molar-refractivity contribution in [2.75, 3.05) is 26.2 Å². The van der Waals surface area contributed by atoms with Gasteiger partial charge >= 0.3 is 12.2 Å². The number of hydrogen-bond donors (Lipinski definition) is 1. The van der Waals surface area contributed by atoms with Gasteiger partial charge in [0, 0.05) is 43.9 Å². The summed E-state index contributed by atoms with van der Waals surface area (Å²) in [5.41, 5.74) is 4.94. The zero-order valence-corrected chi connectivity index (χ0v) is 16.5. The Hall–Kier alpha value is -2.59. The van der Waals surface area contributed by atoms with Gasteiger partial charge in [0.1, 0.15) is 0 Å². The van der Waals surface area contributed by atoms with Crippen LogP contribution in [0, 0.1) is 11.8 Å². The van der Waals surface area contributed by atoms with Crippen molar-refractivity contribution in [3.63, 3.8) is 0 Å². The van der Waals surface area contributed by atoms with Crippen molar-refractivity contribution in [2.45, 2.75) is 12.7 Å². The zero-order valence-electron chi connectivity index (χ0n) is 15.8. The van der Waals surface area contributed by atoms with Crippen molar-refractivity contribution >= 4 is 23.5 Å². The molecule has 1 aromatic carbocycles. The van der Waals surface area contributed by atoms with Crippen molar-refractivity contribution < 1.29 is 22.8 Å². The maximum Gasteiger partial charge on any atom is 0.416 e. The number of amides is 2. The molecule has 0 radical (unpaired) electrons. The van der Waals surface area contributed by atoms with E-state index in [-0.39, 0.29) is 28.6 Å². The quantitative estimate of drug-likeness (QED) is 0.793. The van der Waals surface area contributed by atoms with Gasteiger partial charge in [-0.3, -0.25) is 9.69 Å². The number of halogens is 4. The lowest BCUT2D eigenvalue weighted by molar-refractivity contribution is -0.137. The fourth-order valence-corrected chi connectivity index (χ4v) is 4.50. The summed E-state index contributed by atoms with van der Waals surface area (Å²) >= 11 is 5.87. The number of carbonyl (C=O) groups excluding carboxylic acids is 2. The molecule has 2 N–H and O–H groups in total. The van der Waals surface area contributed by atoms with Crippen molar-refractivity contribution in [1.29, 1.82) is 0 Å². The Kier molecular flexibility index (Phi) is 5.23. The smallest absolute Gasteiger partial charge is 0.364 e. The molecule has 0 bridgehead atoms. The zero-order chi connectivity index (χ0) is 21.6. The molecular formula is C19H19ClF3N5O2. The molecule has 2 aliphatic rings. The van der Waals surface area contributed by atoms with E-state index in [4.69, 9.17) is 17.3 Å². The number of primary amides is 1. The minimum absolute atomic E-state index is 0.0219. The number of alkyl halides is 3. The van der Waals surface area contributed by atoms with Crippen molar-refractivity contribution in [1.82, 2.24) is 19.6 Å². The van der Waals surface area contributed by atoms with Gasteiger partial charge in [-0.15, -0.1) is 0 Å².